The van der Waals surface area contributed by atoms with Crippen LogP contribution < -0.4 is 10.6 Å². The molecule has 2 amide bonds. The summed E-state index contributed by atoms with van der Waals surface area (Å²) in [6.07, 6.45) is 18.4. The zero-order valence-corrected chi connectivity index (χ0v) is 19.9. The second-order valence-corrected chi connectivity index (χ2v) is 8.24. The molecule has 0 aromatic rings. The monoisotopic (exact) mass is 440 g/mol. The van der Waals surface area contributed by atoms with Crippen molar-refractivity contribution in [1.29, 1.82) is 5.41 Å². The summed E-state index contributed by atoms with van der Waals surface area (Å²) < 4.78 is 1.27. The van der Waals surface area contributed by atoms with Gasteiger partial charge < -0.3 is 20.5 Å². The molecule has 7 nitrogen and oxygen atoms in total. The van der Waals surface area contributed by atoms with Gasteiger partial charge in [0.05, 0.1) is 11.4 Å². The van der Waals surface area contributed by atoms with Gasteiger partial charge in [0.15, 0.2) is 11.4 Å². The number of nitrogens with one attached hydrogen (secondary N) is 3. The third kappa shape index (κ3) is 6.97. The Morgan fingerprint density at radius 2 is 2.03 bits per heavy atom. The van der Waals surface area contributed by atoms with Crippen molar-refractivity contribution >= 4 is 17.5 Å². The van der Waals surface area contributed by atoms with E-state index < -0.39 is 6.03 Å². The lowest BCUT2D eigenvalue weighted by atomic mass is 9.95. The van der Waals surface area contributed by atoms with Gasteiger partial charge in [0.1, 0.15) is 7.11 Å². The lowest BCUT2D eigenvalue weighted by Crippen LogP contribution is -2.38. The first-order chi connectivity index (χ1) is 15.4. The summed E-state index contributed by atoms with van der Waals surface area (Å²) in [5, 5.41) is 14.9. The maximum atomic E-state index is 13.1. The van der Waals surface area contributed by atoms with E-state index in [0.717, 1.165) is 36.2 Å². The summed E-state index contributed by atoms with van der Waals surface area (Å²) in [7, 11) is 5.26. The number of urea groups is 1. The average molecular weight is 441 g/mol. The van der Waals surface area contributed by atoms with Gasteiger partial charge in [-0.15, -0.1) is 0 Å². The predicted molar refractivity (Wildman–Crippen MR) is 131 cm³/mol. The first kappa shape index (κ1) is 25.2. The number of allylic oxidation sites excluding steroid dienone is 6. The molecule has 0 unspecified atom stereocenters. The summed E-state index contributed by atoms with van der Waals surface area (Å²) in [5.74, 6) is 0. The van der Waals surface area contributed by atoms with Crippen LogP contribution >= 0.6 is 0 Å². The Balaban J connectivity index is 2.31. The van der Waals surface area contributed by atoms with E-state index in [0.29, 0.717) is 23.9 Å². The number of likely N-dealkylation sites (N-methyl/N-ethyl adjacent to an activating group) is 1. The lowest BCUT2D eigenvalue weighted by Gasteiger charge is -2.24. The van der Waals surface area contributed by atoms with Gasteiger partial charge in [0.2, 0.25) is 0 Å². The number of rotatable bonds is 9. The molecule has 0 atom stereocenters. The molecule has 0 aromatic carbocycles. The lowest BCUT2D eigenvalue weighted by molar-refractivity contribution is -0.707. The number of nitrogens with zero attached hydrogens (tertiary/aromatic N) is 2. The van der Waals surface area contributed by atoms with Crippen LogP contribution in [0.2, 0.25) is 0 Å². The van der Waals surface area contributed by atoms with Crippen LogP contribution in [0.5, 0.6) is 0 Å². The van der Waals surface area contributed by atoms with Crippen LogP contribution in [-0.2, 0) is 4.84 Å². The average Bonchev–Trinajstić information content (AvgIpc) is 2.78. The van der Waals surface area contributed by atoms with E-state index in [1.165, 1.54) is 31.1 Å². The Bertz CT molecular complexity index is 856. The van der Waals surface area contributed by atoms with E-state index >= 15 is 0 Å². The van der Waals surface area contributed by atoms with E-state index in [-0.39, 0.29) is 0 Å². The molecule has 0 heterocycles. The maximum Gasteiger partial charge on any atom is 0.535 e. The molecule has 0 aromatic heterocycles. The Hall–Kier alpha value is -3.09. The molecule has 1 saturated carbocycles. The predicted octanol–water partition coefficient (Wildman–Crippen LogP) is 4.42. The van der Waals surface area contributed by atoms with Crippen LogP contribution in [0.25, 0.3) is 0 Å². The highest BCUT2D eigenvalue weighted by Crippen LogP contribution is 2.22. The molecule has 2 rings (SSSR count). The second kappa shape index (κ2) is 12.7. The van der Waals surface area contributed by atoms with E-state index in [2.05, 4.69) is 17.2 Å². The minimum absolute atomic E-state index is 0.392. The highest BCUT2D eigenvalue weighted by Gasteiger charge is 2.28. The van der Waals surface area contributed by atoms with Crippen molar-refractivity contribution < 1.29 is 14.4 Å². The molecule has 0 bridgehead atoms. The third-order valence-corrected chi connectivity index (χ3v) is 5.53. The zero-order chi connectivity index (χ0) is 23.5. The summed E-state index contributed by atoms with van der Waals surface area (Å²) in [6, 6.07) is 0.0539. The van der Waals surface area contributed by atoms with Gasteiger partial charge in [-0.05, 0) is 42.2 Å². The van der Waals surface area contributed by atoms with Crippen molar-refractivity contribution in [2.24, 2.45) is 0 Å². The first-order valence-electron chi connectivity index (χ1n) is 11.4. The molecule has 7 heteroatoms. The fourth-order valence-electron chi connectivity index (χ4n) is 3.86. The van der Waals surface area contributed by atoms with Crippen molar-refractivity contribution in [2.45, 2.75) is 57.9 Å². The van der Waals surface area contributed by atoms with Crippen molar-refractivity contribution in [3.8, 4) is 0 Å². The molecule has 0 aliphatic heterocycles. The van der Waals surface area contributed by atoms with Gasteiger partial charge in [0.25, 0.3) is 0 Å². The fraction of sp³-hybridized carbons (Fsp3) is 0.480. The van der Waals surface area contributed by atoms with Gasteiger partial charge in [0, 0.05) is 38.3 Å². The molecular weight excluding hydrogens is 402 g/mol. The molecule has 0 radical (unpaired) electrons. The molecule has 3 N–H and O–H groups in total. The van der Waals surface area contributed by atoms with Crippen molar-refractivity contribution in [3.05, 3.63) is 60.1 Å². The van der Waals surface area contributed by atoms with Crippen LogP contribution in [0.3, 0.4) is 0 Å². The number of carbonyl (C=O) groups excluding carboxylic acids is 1. The molecule has 32 heavy (non-hydrogen) atoms. The Morgan fingerprint density at radius 3 is 2.62 bits per heavy atom. The minimum atomic E-state index is -0.392. The first-order valence-corrected chi connectivity index (χ1v) is 11.4. The van der Waals surface area contributed by atoms with Crippen LogP contribution in [0.1, 0.15) is 51.9 Å². The van der Waals surface area contributed by atoms with Crippen LogP contribution in [-0.4, -0.2) is 54.3 Å². The highest BCUT2D eigenvalue weighted by atomic mass is 16.7. The summed E-state index contributed by atoms with van der Waals surface area (Å²) in [5.41, 5.74) is 3.27. The summed E-state index contributed by atoms with van der Waals surface area (Å²) in [4.78, 5) is 20.4. The maximum absolute atomic E-state index is 13.1. The number of hydrogen-bond acceptors (Lipinski definition) is 5. The fourth-order valence-corrected chi connectivity index (χ4v) is 3.86. The van der Waals surface area contributed by atoms with Gasteiger partial charge in [-0.1, -0.05) is 44.9 Å². The summed E-state index contributed by atoms with van der Waals surface area (Å²) in [6.45, 7) is 5.75. The van der Waals surface area contributed by atoms with Crippen molar-refractivity contribution in [2.75, 3.05) is 21.2 Å². The molecule has 0 spiro atoms. The Labute approximate surface area is 192 Å². The van der Waals surface area contributed by atoms with Gasteiger partial charge in [-0.25, -0.2) is 0 Å². The largest absolute Gasteiger partial charge is 0.535 e. The highest BCUT2D eigenvalue weighted by molar-refractivity contribution is 6.10. The van der Waals surface area contributed by atoms with Crippen molar-refractivity contribution in [3.63, 3.8) is 0 Å². The minimum Gasteiger partial charge on any atom is -0.388 e. The number of amides is 2. The van der Waals surface area contributed by atoms with Crippen LogP contribution in [0, 0.1) is 5.41 Å². The third-order valence-electron chi connectivity index (χ3n) is 5.53. The van der Waals surface area contributed by atoms with Crippen LogP contribution in [0.4, 0.5) is 4.79 Å². The zero-order valence-electron chi connectivity index (χ0n) is 19.9. The Kier molecular flexibility index (Phi) is 9.98. The van der Waals surface area contributed by atoms with E-state index in [1.807, 2.05) is 44.3 Å². The van der Waals surface area contributed by atoms with Gasteiger partial charge >= 0.3 is 6.03 Å². The molecule has 2 aliphatic carbocycles. The Morgan fingerprint density at radius 1 is 1.31 bits per heavy atom. The van der Waals surface area contributed by atoms with Gasteiger partial charge in [-0.2, -0.15) is 10.1 Å². The van der Waals surface area contributed by atoms with Crippen LogP contribution in [0.15, 0.2) is 60.1 Å². The molecular formula is C25H38N5O2+. The smallest absolute Gasteiger partial charge is 0.388 e. The summed E-state index contributed by atoms with van der Waals surface area (Å²) >= 11 is 0. The molecule has 1 fully saturated rings. The quantitative estimate of drug-likeness (QED) is 0.215. The second-order valence-electron chi connectivity index (χ2n) is 8.24. The van der Waals surface area contributed by atoms with E-state index in [9.17, 15) is 4.79 Å². The van der Waals surface area contributed by atoms with Crippen molar-refractivity contribution in [1.82, 2.24) is 15.5 Å². The molecule has 2 aliphatic rings. The topological polar surface area (TPSA) is 80.5 Å². The van der Waals surface area contributed by atoms with E-state index in [1.54, 1.807) is 18.2 Å². The normalized spacial score (nSPS) is 19.2. The molecule has 174 valence electrons. The van der Waals surface area contributed by atoms with Gasteiger partial charge in [-0.3, -0.25) is 0 Å². The molecule has 0 saturated heterocycles. The van der Waals surface area contributed by atoms with E-state index in [4.69, 9.17) is 10.2 Å². The SMILES string of the molecule is C=C/C=C\C(CCC)=[N+](\OC)C(=O)NC1=C/C(=C/NC2CCCCC2)C(=N)C=C1N(C)C. The number of hydrogen-bond donors (Lipinski definition) is 3. The number of carbonyl (C=O) groups is 1. The standard InChI is InChI=1S/C25H37N5O2/c1-6-8-15-21(12-7-2)30(32-5)25(31)28-23-16-19(22(26)17-24(23)29(3)4)18-27-20-13-10-9-11-14-20/h6,8,15-18,20H,1,7,9-14H2,2-5H3,(H2-,26,27,28,31)/p+1/b15-8-,30-21+. The number of hydroxylamine groups is 1.